The van der Waals surface area contributed by atoms with Gasteiger partial charge in [0.1, 0.15) is 5.82 Å². The first-order valence-corrected chi connectivity index (χ1v) is 7.00. The summed E-state index contributed by atoms with van der Waals surface area (Å²) in [5.74, 6) is -0.253. The molecule has 0 amide bonds. The summed E-state index contributed by atoms with van der Waals surface area (Å²) >= 11 is 6.79. The van der Waals surface area contributed by atoms with Crippen LogP contribution in [0.3, 0.4) is 0 Å². The van der Waals surface area contributed by atoms with Gasteiger partial charge in [0.25, 0.3) is 0 Å². The minimum absolute atomic E-state index is 0.253. The number of halogens is 3. The lowest BCUT2D eigenvalue weighted by Gasteiger charge is -2.08. The molecule has 0 atom stereocenters. The quantitative estimate of drug-likeness (QED) is 0.727. The SMILES string of the molecule is Fc1ccc(COCc2ccccc2Br)c(Br)c1. The number of benzene rings is 2. The van der Waals surface area contributed by atoms with E-state index < -0.39 is 0 Å². The molecule has 0 radical (unpaired) electrons. The molecule has 0 saturated carbocycles. The van der Waals surface area contributed by atoms with Crippen LogP contribution in [0.15, 0.2) is 51.4 Å². The zero-order valence-corrected chi connectivity index (χ0v) is 12.7. The van der Waals surface area contributed by atoms with Crippen LogP contribution in [0.4, 0.5) is 4.39 Å². The molecular formula is C14H11Br2FO. The van der Waals surface area contributed by atoms with Gasteiger partial charge in [0, 0.05) is 8.95 Å². The summed E-state index contributed by atoms with van der Waals surface area (Å²) < 4.78 is 20.3. The van der Waals surface area contributed by atoms with Crippen molar-refractivity contribution in [2.24, 2.45) is 0 Å². The topological polar surface area (TPSA) is 9.23 Å². The Labute approximate surface area is 122 Å². The maximum Gasteiger partial charge on any atom is 0.124 e. The zero-order chi connectivity index (χ0) is 13.0. The van der Waals surface area contributed by atoms with Crippen LogP contribution < -0.4 is 0 Å². The lowest BCUT2D eigenvalue weighted by molar-refractivity contribution is 0.106. The van der Waals surface area contributed by atoms with E-state index in [1.807, 2.05) is 24.3 Å². The van der Waals surface area contributed by atoms with E-state index in [0.717, 1.165) is 20.1 Å². The molecular weight excluding hydrogens is 363 g/mol. The molecule has 0 aliphatic rings. The summed E-state index contributed by atoms with van der Waals surface area (Å²) in [5.41, 5.74) is 2.03. The van der Waals surface area contributed by atoms with Gasteiger partial charge in [-0.25, -0.2) is 4.39 Å². The number of hydrogen-bond donors (Lipinski definition) is 0. The fraction of sp³-hybridized carbons (Fsp3) is 0.143. The van der Waals surface area contributed by atoms with Crippen LogP contribution in [-0.4, -0.2) is 0 Å². The fourth-order valence-corrected chi connectivity index (χ4v) is 2.39. The predicted molar refractivity (Wildman–Crippen MR) is 76.7 cm³/mol. The van der Waals surface area contributed by atoms with E-state index >= 15 is 0 Å². The van der Waals surface area contributed by atoms with Crippen molar-refractivity contribution in [3.05, 3.63) is 68.4 Å². The Morgan fingerprint density at radius 3 is 2.22 bits per heavy atom. The van der Waals surface area contributed by atoms with E-state index in [2.05, 4.69) is 31.9 Å². The average Bonchev–Trinajstić information content (AvgIpc) is 2.34. The number of rotatable bonds is 4. The van der Waals surface area contributed by atoms with Crippen LogP contribution in [0.25, 0.3) is 0 Å². The summed E-state index contributed by atoms with van der Waals surface area (Å²) in [6.45, 7) is 0.966. The van der Waals surface area contributed by atoms with Crippen molar-refractivity contribution in [3.63, 3.8) is 0 Å². The minimum Gasteiger partial charge on any atom is -0.372 e. The summed E-state index contributed by atoms with van der Waals surface area (Å²) in [5, 5.41) is 0. The Morgan fingerprint density at radius 1 is 0.889 bits per heavy atom. The first kappa shape index (κ1) is 13.7. The Balaban J connectivity index is 1.95. The number of hydrogen-bond acceptors (Lipinski definition) is 1. The smallest absolute Gasteiger partial charge is 0.124 e. The molecule has 0 heterocycles. The third-order valence-electron chi connectivity index (χ3n) is 2.49. The highest BCUT2D eigenvalue weighted by Gasteiger charge is 2.03. The van der Waals surface area contributed by atoms with Gasteiger partial charge < -0.3 is 4.74 Å². The van der Waals surface area contributed by atoms with Gasteiger partial charge in [-0.3, -0.25) is 0 Å². The summed E-state index contributed by atoms with van der Waals surface area (Å²) in [4.78, 5) is 0. The molecule has 18 heavy (non-hydrogen) atoms. The molecule has 0 fully saturated rings. The monoisotopic (exact) mass is 372 g/mol. The Hall–Kier alpha value is -0.710. The third-order valence-corrected chi connectivity index (χ3v) is 4.00. The number of ether oxygens (including phenoxy) is 1. The van der Waals surface area contributed by atoms with Gasteiger partial charge in [0.05, 0.1) is 13.2 Å². The normalized spacial score (nSPS) is 10.6. The molecule has 94 valence electrons. The van der Waals surface area contributed by atoms with Crippen LogP contribution in [0.1, 0.15) is 11.1 Å². The molecule has 2 aromatic carbocycles. The van der Waals surface area contributed by atoms with Gasteiger partial charge >= 0.3 is 0 Å². The van der Waals surface area contributed by atoms with Crippen molar-refractivity contribution < 1.29 is 9.13 Å². The van der Waals surface area contributed by atoms with Gasteiger partial charge in [0.2, 0.25) is 0 Å². The largest absolute Gasteiger partial charge is 0.372 e. The second-order valence-corrected chi connectivity index (χ2v) is 5.53. The second-order valence-electron chi connectivity index (χ2n) is 3.82. The van der Waals surface area contributed by atoms with E-state index in [1.165, 1.54) is 12.1 Å². The van der Waals surface area contributed by atoms with E-state index in [0.29, 0.717) is 13.2 Å². The highest BCUT2D eigenvalue weighted by molar-refractivity contribution is 9.10. The van der Waals surface area contributed by atoms with Crippen molar-refractivity contribution in [1.29, 1.82) is 0 Å². The van der Waals surface area contributed by atoms with Gasteiger partial charge in [-0.2, -0.15) is 0 Å². The molecule has 1 nitrogen and oxygen atoms in total. The predicted octanol–water partition coefficient (Wildman–Crippen LogP) is 5.07. The minimum atomic E-state index is -0.253. The van der Waals surface area contributed by atoms with Crippen LogP contribution in [-0.2, 0) is 18.0 Å². The van der Waals surface area contributed by atoms with Crippen LogP contribution >= 0.6 is 31.9 Å². The molecule has 0 saturated heterocycles. The first-order chi connectivity index (χ1) is 8.66. The van der Waals surface area contributed by atoms with Crippen molar-refractivity contribution in [2.75, 3.05) is 0 Å². The Morgan fingerprint density at radius 2 is 1.56 bits per heavy atom. The van der Waals surface area contributed by atoms with Crippen LogP contribution in [0.5, 0.6) is 0 Å². The van der Waals surface area contributed by atoms with E-state index in [9.17, 15) is 4.39 Å². The van der Waals surface area contributed by atoms with Crippen molar-refractivity contribution in [1.82, 2.24) is 0 Å². The molecule has 2 rings (SSSR count). The zero-order valence-electron chi connectivity index (χ0n) is 9.50. The Bertz CT molecular complexity index is 543. The van der Waals surface area contributed by atoms with Crippen LogP contribution in [0, 0.1) is 5.82 Å². The molecule has 0 bridgehead atoms. The van der Waals surface area contributed by atoms with Gasteiger partial charge in [-0.15, -0.1) is 0 Å². The van der Waals surface area contributed by atoms with Gasteiger partial charge in [0.15, 0.2) is 0 Å². The van der Waals surface area contributed by atoms with E-state index in [4.69, 9.17) is 4.74 Å². The molecule has 0 unspecified atom stereocenters. The van der Waals surface area contributed by atoms with Gasteiger partial charge in [-0.05, 0) is 29.3 Å². The fourth-order valence-electron chi connectivity index (χ4n) is 1.53. The second kappa shape index (κ2) is 6.45. The highest BCUT2D eigenvalue weighted by Crippen LogP contribution is 2.21. The molecule has 4 heteroatoms. The lowest BCUT2D eigenvalue weighted by Crippen LogP contribution is -1.96. The molecule has 0 spiro atoms. The van der Waals surface area contributed by atoms with Crippen molar-refractivity contribution in [3.8, 4) is 0 Å². The maximum atomic E-state index is 12.9. The summed E-state index contributed by atoms with van der Waals surface area (Å²) in [7, 11) is 0. The molecule has 0 aliphatic heterocycles. The average molecular weight is 374 g/mol. The summed E-state index contributed by atoms with van der Waals surface area (Å²) in [6.07, 6.45) is 0. The summed E-state index contributed by atoms with van der Waals surface area (Å²) in [6, 6.07) is 12.5. The first-order valence-electron chi connectivity index (χ1n) is 5.42. The molecule has 0 aliphatic carbocycles. The highest BCUT2D eigenvalue weighted by atomic mass is 79.9. The van der Waals surface area contributed by atoms with Gasteiger partial charge in [-0.1, -0.05) is 56.1 Å². The van der Waals surface area contributed by atoms with Crippen molar-refractivity contribution >= 4 is 31.9 Å². The standard InChI is InChI=1S/C14H11Br2FO/c15-13-4-2-1-3-10(13)8-18-9-11-5-6-12(17)7-14(11)16/h1-7H,8-9H2. The molecule has 0 N–H and O–H groups in total. The van der Waals surface area contributed by atoms with Crippen LogP contribution in [0.2, 0.25) is 0 Å². The van der Waals surface area contributed by atoms with E-state index in [-0.39, 0.29) is 5.82 Å². The maximum absolute atomic E-state index is 12.9. The lowest BCUT2D eigenvalue weighted by atomic mass is 10.2. The van der Waals surface area contributed by atoms with Crippen molar-refractivity contribution in [2.45, 2.75) is 13.2 Å². The molecule has 0 aromatic heterocycles. The van der Waals surface area contributed by atoms with E-state index in [1.54, 1.807) is 6.07 Å². The third kappa shape index (κ3) is 3.64. The Kier molecular flexibility index (Phi) is 4.92. The molecule has 2 aromatic rings.